The first-order chi connectivity index (χ1) is 8.01. The minimum absolute atomic E-state index is 0.0402. The first kappa shape index (κ1) is 14.2. The molecular weight excluding hydrogens is 331 g/mol. The highest BCUT2D eigenvalue weighted by Crippen LogP contribution is 2.20. The molecule has 0 saturated heterocycles. The van der Waals surface area contributed by atoms with Crippen molar-refractivity contribution in [3.8, 4) is 0 Å². The number of rotatable bonds is 4. The number of carbonyl (C=O) groups is 1. The van der Waals surface area contributed by atoms with E-state index in [1.54, 1.807) is 25.1 Å². The van der Waals surface area contributed by atoms with Crippen LogP contribution in [-0.4, -0.2) is 42.7 Å². The van der Waals surface area contributed by atoms with Crippen LogP contribution in [0.15, 0.2) is 18.2 Å². The zero-order valence-corrected chi connectivity index (χ0v) is 12.4. The highest BCUT2D eigenvalue weighted by molar-refractivity contribution is 14.1. The van der Waals surface area contributed by atoms with E-state index in [0.29, 0.717) is 5.56 Å². The summed E-state index contributed by atoms with van der Waals surface area (Å²) in [4.78, 5) is 13.8. The molecule has 0 bridgehead atoms. The Bertz CT molecular complexity index is 409. The molecule has 4 nitrogen and oxygen atoms in total. The monoisotopic (exact) mass is 348 g/mol. The Morgan fingerprint density at radius 1 is 1.59 bits per heavy atom. The number of aliphatic hydroxyl groups is 1. The largest absolute Gasteiger partial charge is 0.394 e. The second-order valence-electron chi connectivity index (χ2n) is 3.89. The molecule has 1 rings (SSSR count). The van der Waals surface area contributed by atoms with E-state index in [-0.39, 0.29) is 18.6 Å². The van der Waals surface area contributed by atoms with Gasteiger partial charge in [-0.1, -0.05) is 0 Å². The zero-order valence-electron chi connectivity index (χ0n) is 10.2. The highest BCUT2D eigenvalue weighted by Gasteiger charge is 2.19. The van der Waals surface area contributed by atoms with Crippen molar-refractivity contribution in [2.45, 2.75) is 13.0 Å². The van der Waals surface area contributed by atoms with Gasteiger partial charge in [-0.2, -0.15) is 0 Å². The zero-order chi connectivity index (χ0) is 13.0. The van der Waals surface area contributed by atoms with Crippen LogP contribution >= 0.6 is 22.6 Å². The number of halogens is 1. The molecule has 0 radical (unpaired) electrons. The standard InChI is InChI=1S/C12H17IN2O2/c1-8(7-16)15(3)12(17)10-5-4-9(13)6-11(10)14-2/h4-6,8,14,16H,7H2,1-3H3/t8-/m0/s1. The first-order valence-corrected chi connectivity index (χ1v) is 6.44. The fraction of sp³-hybridized carbons (Fsp3) is 0.417. The number of anilines is 1. The molecule has 0 saturated carbocycles. The van der Waals surface area contributed by atoms with Gasteiger partial charge in [0.05, 0.1) is 18.2 Å². The fourth-order valence-electron chi connectivity index (χ4n) is 1.42. The number of benzene rings is 1. The van der Waals surface area contributed by atoms with Crippen molar-refractivity contribution >= 4 is 34.2 Å². The average Bonchev–Trinajstić information content (AvgIpc) is 2.35. The van der Waals surface area contributed by atoms with E-state index in [9.17, 15) is 4.79 Å². The second kappa shape index (κ2) is 6.20. The lowest BCUT2D eigenvalue weighted by molar-refractivity contribution is 0.0683. The Kier molecular flexibility index (Phi) is 5.20. The van der Waals surface area contributed by atoms with Gasteiger partial charge in [-0.05, 0) is 47.7 Å². The van der Waals surface area contributed by atoms with Crippen LogP contribution in [0.2, 0.25) is 0 Å². The molecule has 2 N–H and O–H groups in total. The lowest BCUT2D eigenvalue weighted by Gasteiger charge is -2.24. The lowest BCUT2D eigenvalue weighted by atomic mass is 10.1. The maximum atomic E-state index is 12.2. The molecule has 1 aromatic carbocycles. The van der Waals surface area contributed by atoms with Gasteiger partial charge in [0.1, 0.15) is 0 Å². The summed E-state index contributed by atoms with van der Waals surface area (Å²) >= 11 is 2.20. The van der Waals surface area contributed by atoms with Crippen LogP contribution in [0.25, 0.3) is 0 Å². The minimum atomic E-state index is -0.188. The number of nitrogens with zero attached hydrogens (tertiary/aromatic N) is 1. The summed E-state index contributed by atoms with van der Waals surface area (Å²) in [6.07, 6.45) is 0. The third kappa shape index (κ3) is 3.32. The number of hydrogen-bond donors (Lipinski definition) is 2. The fourth-order valence-corrected chi connectivity index (χ4v) is 1.91. The van der Waals surface area contributed by atoms with Gasteiger partial charge in [0.2, 0.25) is 0 Å². The van der Waals surface area contributed by atoms with Crippen molar-refractivity contribution in [2.24, 2.45) is 0 Å². The Balaban J connectivity index is 3.03. The van der Waals surface area contributed by atoms with Crippen LogP contribution in [0.4, 0.5) is 5.69 Å². The van der Waals surface area contributed by atoms with E-state index in [2.05, 4.69) is 27.9 Å². The Labute approximate surface area is 115 Å². The third-order valence-electron chi connectivity index (χ3n) is 2.73. The summed E-state index contributed by atoms with van der Waals surface area (Å²) in [5.41, 5.74) is 1.43. The number of amides is 1. The number of hydrogen-bond acceptors (Lipinski definition) is 3. The van der Waals surface area contributed by atoms with Gasteiger partial charge in [-0.15, -0.1) is 0 Å². The number of aliphatic hydroxyl groups excluding tert-OH is 1. The predicted octanol–water partition coefficient (Wildman–Crippen LogP) is 1.79. The molecular formula is C12H17IN2O2. The van der Waals surface area contributed by atoms with Crippen LogP contribution in [0.3, 0.4) is 0 Å². The molecule has 17 heavy (non-hydrogen) atoms. The molecule has 0 aromatic heterocycles. The topological polar surface area (TPSA) is 52.6 Å². The van der Waals surface area contributed by atoms with Crippen molar-refractivity contribution in [3.05, 3.63) is 27.3 Å². The smallest absolute Gasteiger partial charge is 0.256 e. The molecule has 0 fully saturated rings. The van der Waals surface area contributed by atoms with E-state index in [1.165, 1.54) is 0 Å². The van der Waals surface area contributed by atoms with Gasteiger partial charge in [-0.25, -0.2) is 0 Å². The second-order valence-corrected chi connectivity index (χ2v) is 5.13. The summed E-state index contributed by atoms with van der Waals surface area (Å²) in [6.45, 7) is 1.77. The highest BCUT2D eigenvalue weighted by atomic mass is 127. The van der Waals surface area contributed by atoms with E-state index in [1.807, 2.05) is 19.1 Å². The summed E-state index contributed by atoms with van der Waals surface area (Å²) in [5, 5.41) is 12.1. The third-order valence-corrected chi connectivity index (χ3v) is 3.40. The van der Waals surface area contributed by atoms with Gasteiger partial charge in [0.25, 0.3) is 5.91 Å². The molecule has 1 aromatic rings. The van der Waals surface area contributed by atoms with E-state index in [4.69, 9.17) is 5.11 Å². The summed E-state index contributed by atoms with van der Waals surface area (Å²) < 4.78 is 1.07. The summed E-state index contributed by atoms with van der Waals surface area (Å²) in [6, 6.07) is 5.43. The van der Waals surface area contributed by atoms with E-state index in [0.717, 1.165) is 9.26 Å². The van der Waals surface area contributed by atoms with Crippen molar-refractivity contribution in [1.29, 1.82) is 0 Å². The molecule has 0 aliphatic heterocycles. The molecule has 0 heterocycles. The Morgan fingerprint density at radius 2 is 2.24 bits per heavy atom. The van der Waals surface area contributed by atoms with Crippen LogP contribution in [-0.2, 0) is 0 Å². The minimum Gasteiger partial charge on any atom is -0.394 e. The number of likely N-dealkylation sites (N-methyl/N-ethyl adjacent to an activating group) is 1. The van der Waals surface area contributed by atoms with Gasteiger partial charge >= 0.3 is 0 Å². The van der Waals surface area contributed by atoms with Gasteiger partial charge < -0.3 is 15.3 Å². The lowest BCUT2D eigenvalue weighted by Crippen LogP contribution is -2.37. The molecule has 0 spiro atoms. The molecule has 0 aliphatic rings. The Morgan fingerprint density at radius 3 is 2.76 bits per heavy atom. The van der Waals surface area contributed by atoms with Gasteiger partial charge in [-0.3, -0.25) is 4.79 Å². The summed E-state index contributed by atoms with van der Waals surface area (Å²) in [5.74, 6) is -0.0905. The first-order valence-electron chi connectivity index (χ1n) is 5.36. The quantitative estimate of drug-likeness (QED) is 0.816. The average molecular weight is 348 g/mol. The van der Waals surface area contributed by atoms with E-state index >= 15 is 0 Å². The van der Waals surface area contributed by atoms with Crippen LogP contribution in [0.1, 0.15) is 17.3 Å². The normalized spacial score (nSPS) is 12.1. The number of nitrogens with one attached hydrogen (secondary N) is 1. The number of carbonyl (C=O) groups excluding carboxylic acids is 1. The van der Waals surface area contributed by atoms with Crippen molar-refractivity contribution in [3.63, 3.8) is 0 Å². The predicted molar refractivity (Wildman–Crippen MR) is 77.3 cm³/mol. The van der Waals surface area contributed by atoms with Crippen molar-refractivity contribution in [2.75, 3.05) is 26.0 Å². The van der Waals surface area contributed by atoms with E-state index < -0.39 is 0 Å². The molecule has 5 heteroatoms. The van der Waals surface area contributed by atoms with Crippen molar-refractivity contribution in [1.82, 2.24) is 4.90 Å². The molecule has 0 unspecified atom stereocenters. The van der Waals surface area contributed by atoms with Gasteiger partial charge in [0.15, 0.2) is 0 Å². The van der Waals surface area contributed by atoms with Crippen LogP contribution in [0, 0.1) is 3.57 Å². The van der Waals surface area contributed by atoms with Crippen molar-refractivity contribution < 1.29 is 9.90 Å². The molecule has 1 atom stereocenters. The Hall–Kier alpha value is -0.820. The molecule has 1 amide bonds. The maximum Gasteiger partial charge on any atom is 0.256 e. The summed E-state index contributed by atoms with van der Waals surface area (Å²) in [7, 11) is 3.48. The van der Waals surface area contributed by atoms with Gasteiger partial charge in [0, 0.05) is 23.4 Å². The molecule has 94 valence electrons. The van der Waals surface area contributed by atoms with Crippen LogP contribution < -0.4 is 5.32 Å². The molecule has 0 aliphatic carbocycles. The SMILES string of the molecule is CNc1cc(I)ccc1C(=O)N(C)[C@@H](C)CO. The van der Waals surface area contributed by atoms with Crippen LogP contribution in [0.5, 0.6) is 0 Å². The maximum absolute atomic E-state index is 12.2.